The van der Waals surface area contributed by atoms with E-state index >= 15 is 0 Å². The fourth-order valence-corrected chi connectivity index (χ4v) is 5.25. The fraction of sp³-hybridized carbons (Fsp3) is 0.333. The Morgan fingerprint density at radius 2 is 1.80 bits per heavy atom. The number of aromatic hydroxyl groups is 2. The summed E-state index contributed by atoms with van der Waals surface area (Å²) in [5.41, 5.74) is 10.1. The standard InChI is InChI=1S/C21H22Br2N2O5/c1-9-3-12(26)4-10(2)13(9)7-16(24)20(28)25-8-14-11(6-17(25)21(29)30)5-15(22)19(27)18(14)23/h3-5,16-17,26-27H,6-8,24H2,1-2H3,(H,29,30)/t16-,17-/m0/s1. The normalized spacial score (nSPS) is 16.8. The Bertz CT molecular complexity index is 1020. The molecule has 160 valence electrons. The van der Waals surface area contributed by atoms with E-state index in [2.05, 4.69) is 31.9 Å². The smallest absolute Gasteiger partial charge is 0.326 e. The number of aliphatic carboxylic acids is 1. The van der Waals surface area contributed by atoms with E-state index in [0.29, 0.717) is 14.5 Å². The predicted octanol–water partition coefficient (Wildman–Crippen LogP) is 3.15. The number of halogens is 2. The lowest BCUT2D eigenvalue weighted by Gasteiger charge is -2.36. The van der Waals surface area contributed by atoms with Crippen molar-refractivity contribution in [3.8, 4) is 11.5 Å². The number of phenolic OH excluding ortho intramolecular Hbond substituents is 2. The van der Waals surface area contributed by atoms with E-state index in [-0.39, 0.29) is 30.9 Å². The highest BCUT2D eigenvalue weighted by atomic mass is 79.9. The molecule has 0 radical (unpaired) electrons. The molecule has 0 bridgehead atoms. The van der Waals surface area contributed by atoms with Gasteiger partial charge in [0, 0.05) is 13.0 Å². The van der Waals surface area contributed by atoms with E-state index in [0.717, 1.165) is 22.3 Å². The minimum Gasteiger partial charge on any atom is -0.508 e. The maximum Gasteiger partial charge on any atom is 0.326 e. The Kier molecular flexibility index (Phi) is 6.45. The highest BCUT2D eigenvalue weighted by Crippen LogP contribution is 2.40. The molecule has 5 N–H and O–H groups in total. The number of benzene rings is 2. The van der Waals surface area contributed by atoms with Crippen LogP contribution in [0.3, 0.4) is 0 Å². The van der Waals surface area contributed by atoms with Crippen LogP contribution < -0.4 is 5.73 Å². The lowest BCUT2D eigenvalue weighted by Crippen LogP contribution is -2.54. The van der Waals surface area contributed by atoms with Crippen LogP contribution in [0.4, 0.5) is 0 Å². The molecule has 9 heteroatoms. The molecule has 2 aromatic carbocycles. The largest absolute Gasteiger partial charge is 0.508 e. The summed E-state index contributed by atoms with van der Waals surface area (Å²) in [6, 6.07) is 2.89. The van der Waals surface area contributed by atoms with Crippen LogP contribution in [0.2, 0.25) is 0 Å². The number of carboxylic acids is 1. The van der Waals surface area contributed by atoms with Crippen LogP contribution in [0.15, 0.2) is 27.1 Å². The van der Waals surface area contributed by atoms with Gasteiger partial charge in [-0.1, -0.05) is 0 Å². The fourth-order valence-electron chi connectivity index (χ4n) is 3.91. The summed E-state index contributed by atoms with van der Waals surface area (Å²) in [6.07, 6.45) is 0.330. The average Bonchev–Trinajstić information content (AvgIpc) is 2.67. The van der Waals surface area contributed by atoms with Gasteiger partial charge in [-0.15, -0.1) is 0 Å². The number of aryl methyl sites for hydroxylation is 2. The third kappa shape index (κ3) is 4.19. The van der Waals surface area contributed by atoms with Crippen LogP contribution in [0, 0.1) is 13.8 Å². The van der Waals surface area contributed by atoms with Crippen LogP contribution in [0.1, 0.15) is 27.8 Å². The number of phenols is 2. The molecule has 0 fully saturated rings. The highest BCUT2D eigenvalue weighted by Gasteiger charge is 2.38. The van der Waals surface area contributed by atoms with E-state index in [1.807, 2.05) is 13.8 Å². The molecule has 30 heavy (non-hydrogen) atoms. The molecule has 0 unspecified atom stereocenters. The maximum absolute atomic E-state index is 13.2. The van der Waals surface area contributed by atoms with E-state index in [1.54, 1.807) is 18.2 Å². The van der Waals surface area contributed by atoms with Gasteiger partial charge in [-0.2, -0.15) is 0 Å². The molecule has 0 aliphatic carbocycles. The molecule has 1 aliphatic rings. The van der Waals surface area contributed by atoms with Crippen molar-refractivity contribution in [3.05, 3.63) is 55.0 Å². The molecule has 0 spiro atoms. The van der Waals surface area contributed by atoms with Gasteiger partial charge < -0.3 is 26.0 Å². The maximum atomic E-state index is 13.2. The first kappa shape index (κ1) is 22.6. The van der Waals surface area contributed by atoms with Gasteiger partial charge >= 0.3 is 5.97 Å². The Morgan fingerprint density at radius 1 is 1.20 bits per heavy atom. The zero-order valence-corrected chi connectivity index (χ0v) is 19.6. The molecule has 2 atom stereocenters. The van der Waals surface area contributed by atoms with Gasteiger partial charge in [-0.3, -0.25) is 4.79 Å². The van der Waals surface area contributed by atoms with Crippen molar-refractivity contribution in [2.45, 2.75) is 45.3 Å². The lowest BCUT2D eigenvalue weighted by molar-refractivity contribution is -0.152. The van der Waals surface area contributed by atoms with Crippen LogP contribution in [-0.2, 0) is 29.0 Å². The number of rotatable bonds is 4. The quantitative estimate of drug-likeness (QED) is 0.471. The Labute approximate surface area is 190 Å². The molecular formula is C21H22Br2N2O5. The van der Waals surface area contributed by atoms with Crippen LogP contribution >= 0.6 is 31.9 Å². The number of nitrogens with two attached hydrogens (primary N) is 1. The highest BCUT2D eigenvalue weighted by molar-refractivity contribution is 9.11. The summed E-state index contributed by atoms with van der Waals surface area (Å²) in [4.78, 5) is 26.4. The number of hydrogen-bond donors (Lipinski definition) is 4. The van der Waals surface area contributed by atoms with Crippen LogP contribution in [0.5, 0.6) is 11.5 Å². The van der Waals surface area contributed by atoms with Crippen molar-refractivity contribution in [2.24, 2.45) is 5.73 Å². The number of fused-ring (bicyclic) bond motifs is 1. The van der Waals surface area contributed by atoms with E-state index in [4.69, 9.17) is 5.73 Å². The number of carbonyl (C=O) groups excluding carboxylic acids is 1. The number of hydrogen-bond acceptors (Lipinski definition) is 5. The monoisotopic (exact) mass is 540 g/mol. The summed E-state index contributed by atoms with van der Waals surface area (Å²) in [5, 5.41) is 29.6. The molecule has 0 saturated heterocycles. The third-order valence-electron chi connectivity index (χ3n) is 5.50. The molecular weight excluding hydrogens is 520 g/mol. The van der Waals surface area contributed by atoms with E-state index in [1.165, 1.54) is 4.90 Å². The molecule has 1 aliphatic heterocycles. The minimum absolute atomic E-state index is 0.00503. The van der Waals surface area contributed by atoms with Gasteiger partial charge in [0.05, 0.1) is 15.0 Å². The molecule has 0 saturated carbocycles. The zero-order valence-electron chi connectivity index (χ0n) is 16.4. The summed E-state index contributed by atoms with van der Waals surface area (Å²) < 4.78 is 0.874. The van der Waals surface area contributed by atoms with Crippen molar-refractivity contribution >= 4 is 43.7 Å². The Balaban J connectivity index is 1.92. The van der Waals surface area contributed by atoms with Crippen LogP contribution in [-0.4, -0.2) is 44.2 Å². The van der Waals surface area contributed by atoms with Gasteiger partial charge in [0.25, 0.3) is 0 Å². The number of carbonyl (C=O) groups is 2. The summed E-state index contributed by atoms with van der Waals surface area (Å²) >= 11 is 6.61. The Hall–Kier alpha value is -2.10. The lowest BCUT2D eigenvalue weighted by atomic mass is 9.91. The molecule has 3 rings (SSSR count). The summed E-state index contributed by atoms with van der Waals surface area (Å²) in [5.74, 6) is -1.45. The van der Waals surface area contributed by atoms with Crippen molar-refractivity contribution in [1.29, 1.82) is 0 Å². The van der Waals surface area contributed by atoms with Gasteiger partial charge in [-0.05, 0) is 98.1 Å². The predicted molar refractivity (Wildman–Crippen MR) is 118 cm³/mol. The third-order valence-corrected chi connectivity index (χ3v) is 6.95. The van der Waals surface area contributed by atoms with Gasteiger partial charge in [0.2, 0.25) is 5.91 Å². The van der Waals surface area contributed by atoms with Gasteiger partial charge in [0.15, 0.2) is 0 Å². The topological polar surface area (TPSA) is 124 Å². The van der Waals surface area contributed by atoms with Crippen molar-refractivity contribution in [3.63, 3.8) is 0 Å². The van der Waals surface area contributed by atoms with Crippen LogP contribution in [0.25, 0.3) is 0 Å². The number of nitrogens with zero attached hydrogens (tertiary/aromatic N) is 1. The van der Waals surface area contributed by atoms with Crippen molar-refractivity contribution in [2.75, 3.05) is 0 Å². The second-order valence-electron chi connectivity index (χ2n) is 7.55. The number of carboxylic acid groups (broad SMARTS) is 1. The second-order valence-corrected chi connectivity index (χ2v) is 9.20. The zero-order chi connectivity index (χ0) is 22.3. The summed E-state index contributed by atoms with van der Waals surface area (Å²) in [7, 11) is 0. The molecule has 0 aromatic heterocycles. The van der Waals surface area contributed by atoms with Crippen molar-refractivity contribution < 1.29 is 24.9 Å². The first-order valence-corrected chi connectivity index (χ1v) is 10.9. The second kappa shape index (κ2) is 8.56. The number of amides is 1. The SMILES string of the molecule is Cc1cc(O)cc(C)c1C[C@H](N)C(=O)N1Cc2c(cc(Br)c(O)c2Br)C[C@H]1C(=O)O. The van der Waals surface area contributed by atoms with E-state index in [9.17, 15) is 24.9 Å². The molecule has 2 aromatic rings. The molecule has 1 amide bonds. The molecule has 7 nitrogen and oxygen atoms in total. The first-order chi connectivity index (χ1) is 14.0. The Morgan fingerprint density at radius 3 is 2.37 bits per heavy atom. The van der Waals surface area contributed by atoms with Gasteiger partial charge in [-0.25, -0.2) is 4.79 Å². The summed E-state index contributed by atoms with van der Waals surface area (Å²) in [6.45, 7) is 3.68. The van der Waals surface area contributed by atoms with Gasteiger partial charge in [0.1, 0.15) is 17.5 Å². The first-order valence-electron chi connectivity index (χ1n) is 9.27. The minimum atomic E-state index is -1.11. The van der Waals surface area contributed by atoms with Crippen molar-refractivity contribution in [1.82, 2.24) is 4.90 Å². The molecule has 1 heterocycles. The average molecular weight is 542 g/mol. The van der Waals surface area contributed by atoms with E-state index < -0.39 is 24.0 Å².